The van der Waals surface area contributed by atoms with Crippen LogP contribution in [0.5, 0.6) is 0 Å². The summed E-state index contributed by atoms with van der Waals surface area (Å²) in [6.07, 6.45) is 3.86. The highest BCUT2D eigenvalue weighted by atomic mass is 32.2. The maximum absolute atomic E-state index is 13.9. The first kappa shape index (κ1) is 19.3. The van der Waals surface area contributed by atoms with E-state index >= 15 is 0 Å². The Kier molecular flexibility index (Phi) is 6.12. The van der Waals surface area contributed by atoms with E-state index in [2.05, 4.69) is 5.32 Å². The lowest BCUT2D eigenvalue weighted by Crippen LogP contribution is -2.36. The van der Waals surface area contributed by atoms with Crippen LogP contribution in [0.4, 0.5) is 4.39 Å². The largest absolute Gasteiger partial charge is 0.452 e. The number of esters is 1. The molecule has 0 saturated heterocycles. The van der Waals surface area contributed by atoms with Crippen molar-refractivity contribution in [2.24, 2.45) is 0 Å². The summed E-state index contributed by atoms with van der Waals surface area (Å²) in [7, 11) is -1.17. The summed E-state index contributed by atoms with van der Waals surface area (Å²) in [4.78, 5) is 23.5. The molecule has 9 heteroatoms. The molecule has 25 heavy (non-hydrogen) atoms. The highest BCUT2D eigenvalue weighted by Crippen LogP contribution is 2.19. The van der Waals surface area contributed by atoms with Gasteiger partial charge in [0, 0.05) is 20.1 Å². The van der Waals surface area contributed by atoms with Crippen LogP contribution in [0, 0.1) is 5.82 Å². The van der Waals surface area contributed by atoms with E-state index in [1.54, 1.807) is 0 Å². The quantitative estimate of drug-likeness (QED) is 0.760. The molecular weight excluding hydrogens is 351 g/mol. The van der Waals surface area contributed by atoms with Crippen LogP contribution < -0.4 is 5.32 Å². The van der Waals surface area contributed by atoms with E-state index in [4.69, 9.17) is 4.74 Å². The van der Waals surface area contributed by atoms with Gasteiger partial charge in [0.2, 0.25) is 10.0 Å². The zero-order valence-electron chi connectivity index (χ0n) is 14.1. The second kappa shape index (κ2) is 7.92. The standard InChI is InChI=1S/C16H21FN2O5S/c1-19(2)25(22,23)12-7-8-14(17)13(9-12)16(21)24-10-15(20)18-11-5-3-4-6-11/h7-9,11H,3-6,10H2,1-2H3,(H,18,20). The predicted molar refractivity (Wildman–Crippen MR) is 88.0 cm³/mol. The van der Waals surface area contributed by atoms with Gasteiger partial charge in [-0.25, -0.2) is 21.9 Å². The van der Waals surface area contributed by atoms with Crippen molar-refractivity contribution in [1.29, 1.82) is 0 Å². The maximum Gasteiger partial charge on any atom is 0.341 e. The number of carbonyl (C=O) groups is 2. The molecule has 1 aromatic carbocycles. The average Bonchev–Trinajstić information content (AvgIpc) is 3.05. The first-order chi connectivity index (χ1) is 11.7. The topological polar surface area (TPSA) is 92.8 Å². The third-order valence-electron chi connectivity index (χ3n) is 3.99. The normalized spacial score (nSPS) is 15.4. The van der Waals surface area contributed by atoms with E-state index in [0.717, 1.165) is 48.2 Å². The molecule has 1 amide bonds. The summed E-state index contributed by atoms with van der Waals surface area (Å²) in [6.45, 7) is -0.542. The minimum absolute atomic E-state index is 0.0801. The lowest BCUT2D eigenvalue weighted by molar-refractivity contribution is -0.124. The molecule has 0 radical (unpaired) electrons. The van der Waals surface area contributed by atoms with Gasteiger partial charge >= 0.3 is 5.97 Å². The SMILES string of the molecule is CN(C)S(=O)(=O)c1ccc(F)c(C(=O)OCC(=O)NC2CCCC2)c1. The van der Waals surface area contributed by atoms with E-state index in [1.165, 1.54) is 14.1 Å². The number of hydrogen-bond acceptors (Lipinski definition) is 5. The number of nitrogens with zero attached hydrogens (tertiary/aromatic N) is 1. The second-order valence-corrected chi connectivity index (χ2v) is 8.21. The number of sulfonamides is 1. The van der Waals surface area contributed by atoms with E-state index < -0.39 is 39.9 Å². The smallest absolute Gasteiger partial charge is 0.341 e. The molecule has 1 saturated carbocycles. The zero-order chi connectivity index (χ0) is 18.6. The lowest BCUT2D eigenvalue weighted by atomic mass is 10.2. The molecule has 0 bridgehead atoms. The fourth-order valence-corrected chi connectivity index (χ4v) is 3.51. The van der Waals surface area contributed by atoms with E-state index in [9.17, 15) is 22.4 Å². The number of halogens is 1. The monoisotopic (exact) mass is 372 g/mol. The Bertz CT molecular complexity index is 758. The molecule has 7 nitrogen and oxygen atoms in total. The van der Waals surface area contributed by atoms with Gasteiger partial charge in [-0.2, -0.15) is 0 Å². The van der Waals surface area contributed by atoms with Gasteiger partial charge in [-0.1, -0.05) is 12.8 Å². The number of rotatable bonds is 6. The highest BCUT2D eigenvalue weighted by Gasteiger charge is 2.23. The first-order valence-corrected chi connectivity index (χ1v) is 9.34. The third-order valence-corrected chi connectivity index (χ3v) is 5.80. The van der Waals surface area contributed by atoms with Crippen LogP contribution in [0.15, 0.2) is 23.1 Å². The van der Waals surface area contributed by atoms with Crippen molar-refractivity contribution in [1.82, 2.24) is 9.62 Å². The van der Waals surface area contributed by atoms with Gasteiger partial charge in [0.25, 0.3) is 5.91 Å². The van der Waals surface area contributed by atoms with Gasteiger partial charge in [0.05, 0.1) is 10.5 Å². The van der Waals surface area contributed by atoms with Crippen molar-refractivity contribution >= 4 is 21.9 Å². The molecular formula is C16H21FN2O5S. The summed E-state index contributed by atoms with van der Waals surface area (Å²) in [6, 6.07) is 2.93. The number of ether oxygens (including phenoxy) is 1. The number of benzene rings is 1. The Morgan fingerprint density at radius 1 is 1.28 bits per heavy atom. The molecule has 0 aromatic heterocycles. The summed E-state index contributed by atoms with van der Waals surface area (Å²) in [5, 5.41) is 2.74. The van der Waals surface area contributed by atoms with Crippen LogP contribution in [0.2, 0.25) is 0 Å². The molecule has 0 heterocycles. The number of hydrogen-bond donors (Lipinski definition) is 1. The van der Waals surface area contributed by atoms with E-state index in [1.807, 2.05) is 0 Å². The molecule has 1 N–H and O–H groups in total. The van der Waals surface area contributed by atoms with Crippen LogP contribution in [0.3, 0.4) is 0 Å². The zero-order valence-corrected chi connectivity index (χ0v) is 14.9. The molecule has 1 fully saturated rings. The Morgan fingerprint density at radius 2 is 1.92 bits per heavy atom. The van der Waals surface area contributed by atoms with Crippen LogP contribution in [-0.4, -0.2) is 51.3 Å². The van der Waals surface area contributed by atoms with Crippen molar-refractivity contribution in [3.63, 3.8) is 0 Å². The highest BCUT2D eigenvalue weighted by molar-refractivity contribution is 7.89. The molecule has 0 unspecified atom stereocenters. The van der Waals surface area contributed by atoms with Crippen molar-refractivity contribution < 1.29 is 27.1 Å². The van der Waals surface area contributed by atoms with E-state index in [-0.39, 0.29) is 10.9 Å². The van der Waals surface area contributed by atoms with Gasteiger partial charge < -0.3 is 10.1 Å². The Balaban J connectivity index is 2.04. The van der Waals surface area contributed by atoms with Crippen LogP contribution in [0.25, 0.3) is 0 Å². The fourth-order valence-electron chi connectivity index (χ4n) is 2.58. The Hall–Kier alpha value is -2.00. The van der Waals surface area contributed by atoms with Crippen LogP contribution in [-0.2, 0) is 19.6 Å². The van der Waals surface area contributed by atoms with E-state index in [0.29, 0.717) is 0 Å². The summed E-state index contributed by atoms with van der Waals surface area (Å²) in [5.41, 5.74) is -0.531. The second-order valence-electron chi connectivity index (χ2n) is 6.05. The fraction of sp³-hybridized carbons (Fsp3) is 0.500. The summed E-state index contributed by atoms with van der Waals surface area (Å²) in [5.74, 6) is -2.47. The van der Waals surface area contributed by atoms with Crippen molar-refractivity contribution in [3.05, 3.63) is 29.6 Å². The maximum atomic E-state index is 13.9. The third kappa shape index (κ3) is 4.76. The van der Waals surface area contributed by atoms with Gasteiger partial charge in [-0.15, -0.1) is 0 Å². The minimum Gasteiger partial charge on any atom is -0.452 e. The lowest BCUT2D eigenvalue weighted by Gasteiger charge is -2.13. The van der Waals surface area contributed by atoms with Crippen molar-refractivity contribution in [2.45, 2.75) is 36.6 Å². The molecule has 0 aliphatic heterocycles. The van der Waals surface area contributed by atoms with Crippen LogP contribution >= 0.6 is 0 Å². The average molecular weight is 372 g/mol. The van der Waals surface area contributed by atoms with Gasteiger partial charge in [0.1, 0.15) is 5.82 Å². The Morgan fingerprint density at radius 3 is 2.52 bits per heavy atom. The molecule has 0 atom stereocenters. The molecule has 1 aromatic rings. The molecule has 2 rings (SSSR count). The first-order valence-electron chi connectivity index (χ1n) is 7.90. The summed E-state index contributed by atoms with van der Waals surface area (Å²) < 4.78 is 43.7. The predicted octanol–water partition coefficient (Wildman–Crippen LogP) is 1.29. The van der Waals surface area contributed by atoms with Crippen molar-refractivity contribution in [2.75, 3.05) is 20.7 Å². The van der Waals surface area contributed by atoms with Gasteiger partial charge in [-0.05, 0) is 31.0 Å². The molecule has 138 valence electrons. The van der Waals surface area contributed by atoms with Crippen molar-refractivity contribution in [3.8, 4) is 0 Å². The minimum atomic E-state index is -3.82. The van der Waals surface area contributed by atoms with Crippen LogP contribution in [0.1, 0.15) is 36.0 Å². The number of nitrogens with one attached hydrogen (secondary N) is 1. The number of amides is 1. The molecule has 1 aliphatic rings. The number of carbonyl (C=O) groups excluding carboxylic acids is 2. The Labute approximate surface area is 146 Å². The summed E-state index contributed by atoms with van der Waals surface area (Å²) >= 11 is 0. The molecule has 0 spiro atoms. The van der Waals surface area contributed by atoms with Gasteiger partial charge in [0.15, 0.2) is 6.61 Å². The molecule has 1 aliphatic carbocycles. The van der Waals surface area contributed by atoms with Gasteiger partial charge in [-0.3, -0.25) is 4.79 Å².